The first kappa shape index (κ1) is 30.8. The monoisotopic (exact) mass is 461 g/mol. The molecule has 0 aliphatic rings. The van der Waals surface area contributed by atoms with Gasteiger partial charge >= 0.3 is 5.97 Å². The zero-order valence-corrected chi connectivity index (χ0v) is 20.2. The van der Waals surface area contributed by atoms with Gasteiger partial charge in [0.1, 0.15) is 0 Å². The predicted molar refractivity (Wildman–Crippen MR) is 125 cm³/mol. The third-order valence-electron chi connectivity index (χ3n) is 4.93. The summed E-state index contributed by atoms with van der Waals surface area (Å²) in [7, 11) is 0. The standard InChI is InChI=1S/C24H47NO7/c1-2-29-17-18-31-21-22-32-20-19-30-16-15-25-23(26)13-11-9-7-5-3-4-6-8-10-12-14-24(27)28/h2-22H2,1H3,(H,25,26)(H,27,28). The molecule has 0 unspecified atom stereocenters. The van der Waals surface area contributed by atoms with Gasteiger partial charge in [-0.1, -0.05) is 51.4 Å². The Morgan fingerprint density at radius 2 is 1.00 bits per heavy atom. The Morgan fingerprint density at radius 3 is 1.47 bits per heavy atom. The number of nitrogens with one attached hydrogen (secondary N) is 1. The van der Waals surface area contributed by atoms with Gasteiger partial charge in [-0.2, -0.15) is 0 Å². The molecule has 2 N–H and O–H groups in total. The summed E-state index contributed by atoms with van der Waals surface area (Å²) >= 11 is 0. The van der Waals surface area contributed by atoms with Crippen LogP contribution in [-0.4, -0.2) is 76.4 Å². The van der Waals surface area contributed by atoms with Crippen molar-refractivity contribution in [3.05, 3.63) is 0 Å². The maximum atomic E-state index is 11.8. The first-order valence-corrected chi connectivity index (χ1v) is 12.5. The van der Waals surface area contributed by atoms with Gasteiger partial charge < -0.3 is 29.4 Å². The number of unbranched alkanes of at least 4 members (excludes halogenated alkanes) is 9. The molecule has 0 bridgehead atoms. The van der Waals surface area contributed by atoms with Crippen LogP contribution in [0.2, 0.25) is 0 Å². The maximum absolute atomic E-state index is 11.8. The van der Waals surface area contributed by atoms with Gasteiger partial charge in [0.05, 0.1) is 46.2 Å². The lowest BCUT2D eigenvalue weighted by Gasteiger charge is -2.08. The Bertz CT molecular complexity index is 421. The summed E-state index contributed by atoms with van der Waals surface area (Å²) in [6.07, 6.45) is 11.9. The zero-order valence-electron chi connectivity index (χ0n) is 20.2. The molecule has 0 aromatic carbocycles. The fourth-order valence-corrected chi connectivity index (χ4v) is 3.13. The third kappa shape index (κ3) is 26.8. The normalized spacial score (nSPS) is 11.0. The summed E-state index contributed by atoms with van der Waals surface area (Å²) < 4.78 is 21.3. The van der Waals surface area contributed by atoms with Crippen LogP contribution in [-0.2, 0) is 28.5 Å². The van der Waals surface area contributed by atoms with Crippen LogP contribution in [0.15, 0.2) is 0 Å². The highest BCUT2D eigenvalue weighted by molar-refractivity contribution is 5.75. The van der Waals surface area contributed by atoms with Crippen LogP contribution in [0, 0.1) is 0 Å². The summed E-state index contributed by atoms with van der Waals surface area (Å²) in [6.45, 7) is 7.03. The summed E-state index contributed by atoms with van der Waals surface area (Å²) in [5, 5.41) is 11.5. The van der Waals surface area contributed by atoms with Crippen molar-refractivity contribution < 1.29 is 33.6 Å². The molecule has 0 aromatic rings. The van der Waals surface area contributed by atoms with E-state index in [-0.39, 0.29) is 5.91 Å². The van der Waals surface area contributed by atoms with Crippen LogP contribution in [0.5, 0.6) is 0 Å². The smallest absolute Gasteiger partial charge is 0.303 e. The molecule has 0 spiro atoms. The van der Waals surface area contributed by atoms with Gasteiger partial charge in [0.2, 0.25) is 5.91 Å². The molecule has 0 saturated carbocycles. The van der Waals surface area contributed by atoms with Crippen molar-refractivity contribution in [1.29, 1.82) is 0 Å². The largest absolute Gasteiger partial charge is 0.481 e. The highest BCUT2D eigenvalue weighted by Gasteiger charge is 2.01. The quantitative estimate of drug-likeness (QED) is 0.188. The fraction of sp³-hybridized carbons (Fsp3) is 0.917. The van der Waals surface area contributed by atoms with E-state index in [0.717, 1.165) is 32.1 Å². The molecule has 32 heavy (non-hydrogen) atoms. The molecule has 8 heteroatoms. The zero-order chi connectivity index (χ0) is 23.5. The second kappa shape index (κ2) is 26.0. The van der Waals surface area contributed by atoms with Crippen molar-refractivity contribution >= 4 is 11.9 Å². The number of hydrogen-bond donors (Lipinski definition) is 2. The molecule has 0 saturated heterocycles. The fourth-order valence-electron chi connectivity index (χ4n) is 3.13. The minimum Gasteiger partial charge on any atom is -0.481 e. The number of carbonyl (C=O) groups is 2. The van der Waals surface area contributed by atoms with Gasteiger partial charge in [-0.3, -0.25) is 9.59 Å². The SMILES string of the molecule is CCOCCOCCOCCOCCNC(=O)CCCCCCCCCCCCC(=O)O. The molecule has 0 fully saturated rings. The van der Waals surface area contributed by atoms with E-state index in [0.29, 0.717) is 72.2 Å². The minimum atomic E-state index is -0.695. The number of hydrogen-bond acceptors (Lipinski definition) is 6. The molecule has 8 nitrogen and oxygen atoms in total. The lowest BCUT2D eigenvalue weighted by molar-refractivity contribution is -0.137. The molecule has 0 aliphatic carbocycles. The van der Waals surface area contributed by atoms with E-state index in [4.69, 9.17) is 24.1 Å². The van der Waals surface area contributed by atoms with Gasteiger partial charge in [-0.25, -0.2) is 0 Å². The van der Waals surface area contributed by atoms with E-state index < -0.39 is 5.97 Å². The summed E-state index contributed by atoms with van der Waals surface area (Å²) in [5.74, 6) is -0.602. The number of amides is 1. The Balaban J connectivity index is 3.16. The van der Waals surface area contributed by atoms with Crippen molar-refractivity contribution in [2.45, 2.75) is 84.0 Å². The van der Waals surface area contributed by atoms with E-state index in [1.54, 1.807) is 0 Å². The number of carbonyl (C=O) groups excluding carboxylic acids is 1. The lowest BCUT2D eigenvalue weighted by atomic mass is 10.1. The Labute approximate surface area is 194 Å². The van der Waals surface area contributed by atoms with Gasteiger partial charge in [-0.05, 0) is 19.8 Å². The van der Waals surface area contributed by atoms with Gasteiger partial charge in [0.25, 0.3) is 0 Å². The van der Waals surface area contributed by atoms with Crippen molar-refractivity contribution in [1.82, 2.24) is 5.32 Å². The molecule has 190 valence electrons. The maximum Gasteiger partial charge on any atom is 0.303 e. The summed E-state index contributed by atoms with van der Waals surface area (Å²) in [4.78, 5) is 22.2. The Morgan fingerprint density at radius 1 is 0.594 bits per heavy atom. The average molecular weight is 462 g/mol. The van der Waals surface area contributed by atoms with Crippen LogP contribution < -0.4 is 5.32 Å². The minimum absolute atomic E-state index is 0.0930. The Hall–Kier alpha value is -1.22. The van der Waals surface area contributed by atoms with E-state index >= 15 is 0 Å². The molecular weight excluding hydrogens is 414 g/mol. The van der Waals surface area contributed by atoms with E-state index in [2.05, 4.69) is 5.32 Å². The highest BCUT2D eigenvalue weighted by atomic mass is 16.6. The van der Waals surface area contributed by atoms with Crippen molar-refractivity contribution in [3.63, 3.8) is 0 Å². The van der Waals surface area contributed by atoms with Crippen LogP contribution in [0.25, 0.3) is 0 Å². The number of ether oxygens (including phenoxy) is 4. The number of carboxylic acids is 1. The van der Waals surface area contributed by atoms with E-state index in [9.17, 15) is 9.59 Å². The predicted octanol–water partition coefficient (Wildman–Crippen LogP) is 3.95. The van der Waals surface area contributed by atoms with Gasteiger partial charge in [0, 0.05) is 26.0 Å². The van der Waals surface area contributed by atoms with E-state index in [1.807, 2.05) is 6.92 Å². The van der Waals surface area contributed by atoms with Crippen molar-refractivity contribution in [3.8, 4) is 0 Å². The van der Waals surface area contributed by atoms with Crippen molar-refractivity contribution in [2.75, 3.05) is 59.4 Å². The average Bonchev–Trinajstić information content (AvgIpc) is 2.77. The second-order valence-electron chi connectivity index (χ2n) is 7.81. The molecule has 0 rings (SSSR count). The summed E-state index contributed by atoms with van der Waals surface area (Å²) in [6, 6.07) is 0. The number of rotatable bonds is 26. The van der Waals surface area contributed by atoms with Gasteiger partial charge in [-0.15, -0.1) is 0 Å². The molecule has 1 amide bonds. The first-order valence-electron chi connectivity index (χ1n) is 12.5. The van der Waals surface area contributed by atoms with Gasteiger partial charge in [0.15, 0.2) is 0 Å². The molecule has 0 radical (unpaired) electrons. The van der Waals surface area contributed by atoms with E-state index in [1.165, 1.54) is 32.1 Å². The van der Waals surface area contributed by atoms with Crippen LogP contribution in [0.1, 0.15) is 84.0 Å². The van der Waals surface area contributed by atoms with Crippen molar-refractivity contribution in [2.24, 2.45) is 0 Å². The second-order valence-corrected chi connectivity index (χ2v) is 7.81. The van der Waals surface area contributed by atoms with Crippen LogP contribution >= 0.6 is 0 Å². The molecule has 0 aliphatic heterocycles. The third-order valence-corrected chi connectivity index (χ3v) is 4.93. The molecular formula is C24H47NO7. The van der Waals surface area contributed by atoms with Crippen LogP contribution in [0.3, 0.4) is 0 Å². The topological polar surface area (TPSA) is 103 Å². The summed E-state index contributed by atoms with van der Waals surface area (Å²) in [5.41, 5.74) is 0. The molecule has 0 atom stereocenters. The number of carboxylic acid groups (broad SMARTS) is 1. The van der Waals surface area contributed by atoms with Crippen LogP contribution in [0.4, 0.5) is 0 Å². The highest BCUT2D eigenvalue weighted by Crippen LogP contribution is 2.12. The lowest BCUT2D eigenvalue weighted by Crippen LogP contribution is -2.27. The molecule has 0 heterocycles. The first-order chi connectivity index (χ1) is 15.7. The number of aliphatic carboxylic acids is 1. The molecule has 0 aromatic heterocycles. The Kier molecular flexibility index (Phi) is 25.0.